The molecule has 0 saturated carbocycles. The van der Waals surface area contributed by atoms with Crippen LogP contribution in [0.2, 0.25) is 0 Å². The summed E-state index contributed by atoms with van der Waals surface area (Å²) in [6.45, 7) is 3.44. The molecule has 8 heteroatoms. The number of esters is 1. The Balaban J connectivity index is 1.55. The third kappa shape index (κ3) is 2.65. The second-order valence-corrected chi connectivity index (χ2v) is 5.75. The van der Waals surface area contributed by atoms with Gasteiger partial charge in [-0.1, -0.05) is 11.2 Å². The molecule has 7 nitrogen and oxygen atoms in total. The van der Waals surface area contributed by atoms with Crippen LogP contribution >= 0.6 is 0 Å². The van der Waals surface area contributed by atoms with Gasteiger partial charge in [0.15, 0.2) is 23.8 Å². The van der Waals surface area contributed by atoms with Gasteiger partial charge < -0.3 is 13.7 Å². The highest BCUT2D eigenvalue weighted by Gasteiger charge is 2.20. The highest BCUT2D eigenvalue weighted by Crippen LogP contribution is 2.22. The topological polar surface area (TPSA) is 83.3 Å². The summed E-state index contributed by atoms with van der Waals surface area (Å²) in [5.41, 5.74) is 2.30. The summed E-state index contributed by atoms with van der Waals surface area (Å²) >= 11 is 0. The third-order valence-electron chi connectivity index (χ3n) is 4.05. The van der Waals surface area contributed by atoms with Gasteiger partial charge in [0.2, 0.25) is 5.89 Å². The molecular weight excluding hydrogens is 341 g/mol. The van der Waals surface area contributed by atoms with Gasteiger partial charge in [0.05, 0.1) is 5.56 Å². The van der Waals surface area contributed by atoms with Crippen molar-refractivity contribution in [2.75, 3.05) is 0 Å². The van der Waals surface area contributed by atoms with E-state index in [-0.39, 0.29) is 18.0 Å². The number of carbonyl (C=O) groups is 1. The van der Waals surface area contributed by atoms with Gasteiger partial charge in [0, 0.05) is 17.5 Å². The summed E-state index contributed by atoms with van der Waals surface area (Å²) in [6, 6.07) is 7.82. The molecule has 0 atom stereocenters. The molecule has 0 amide bonds. The quantitative estimate of drug-likeness (QED) is 0.519. The number of hydrogen-bond acceptors (Lipinski definition) is 6. The van der Waals surface area contributed by atoms with Crippen molar-refractivity contribution in [2.45, 2.75) is 20.5 Å². The number of nitrogens with zero attached hydrogens (tertiary/aromatic N) is 3. The number of fused-ring (bicyclic) bond motifs is 1. The van der Waals surface area contributed by atoms with Crippen LogP contribution in [0, 0.1) is 19.7 Å². The van der Waals surface area contributed by atoms with Gasteiger partial charge in [0.1, 0.15) is 11.8 Å². The van der Waals surface area contributed by atoms with Crippen molar-refractivity contribution < 1.29 is 22.9 Å². The molecule has 0 spiro atoms. The van der Waals surface area contributed by atoms with Gasteiger partial charge in [0.25, 0.3) is 0 Å². The molecule has 4 rings (SSSR count). The number of oxazole rings is 1. The molecule has 0 radical (unpaired) electrons. The van der Waals surface area contributed by atoms with Crippen LogP contribution in [-0.2, 0) is 11.3 Å². The zero-order valence-corrected chi connectivity index (χ0v) is 14.0. The summed E-state index contributed by atoms with van der Waals surface area (Å²) in [6.07, 6.45) is 1.46. The number of carbonyl (C=O) groups excluding carboxylic acids is 1. The van der Waals surface area contributed by atoms with Crippen LogP contribution in [0.3, 0.4) is 0 Å². The summed E-state index contributed by atoms with van der Waals surface area (Å²) in [7, 11) is 0. The highest BCUT2D eigenvalue weighted by atomic mass is 19.1. The van der Waals surface area contributed by atoms with Crippen molar-refractivity contribution in [1.82, 2.24) is 14.7 Å². The lowest BCUT2D eigenvalue weighted by Gasteiger charge is -2.05. The van der Waals surface area contributed by atoms with Crippen molar-refractivity contribution in [1.29, 1.82) is 0 Å². The standard InChI is InChI=1S/C18H14FN3O4/c1-10-8-12(11(2)22(10)15-6-7-25-21-15)18(23)24-9-16-20-17-13(19)4-3-5-14(17)26-16/h3-8H,9H2,1-2H3. The van der Waals surface area contributed by atoms with E-state index in [1.165, 1.54) is 18.4 Å². The second kappa shape index (κ2) is 6.14. The van der Waals surface area contributed by atoms with Crippen molar-refractivity contribution in [3.8, 4) is 5.82 Å². The molecule has 0 bridgehead atoms. The van der Waals surface area contributed by atoms with E-state index in [1.807, 2.05) is 6.92 Å². The fraction of sp³-hybridized carbons (Fsp3) is 0.167. The molecule has 4 aromatic rings. The van der Waals surface area contributed by atoms with Crippen molar-refractivity contribution >= 4 is 17.1 Å². The fourth-order valence-electron chi connectivity index (χ4n) is 2.87. The third-order valence-corrected chi connectivity index (χ3v) is 4.05. The molecule has 0 N–H and O–H groups in total. The second-order valence-electron chi connectivity index (χ2n) is 5.75. The minimum atomic E-state index is -0.532. The van der Waals surface area contributed by atoms with E-state index < -0.39 is 11.8 Å². The Kier molecular flexibility index (Phi) is 3.80. The van der Waals surface area contributed by atoms with Gasteiger partial charge in [-0.2, -0.15) is 0 Å². The lowest BCUT2D eigenvalue weighted by molar-refractivity contribution is 0.0439. The Morgan fingerprint density at radius 1 is 1.31 bits per heavy atom. The minimum absolute atomic E-state index is 0.114. The molecule has 0 aliphatic rings. The van der Waals surface area contributed by atoms with Gasteiger partial charge >= 0.3 is 5.97 Å². The van der Waals surface area contributed by atoms with Crippen molar-refractivity contribution in [3.05, 3.63) is 65.3 Å². The molecule has 1 aromatic carbocycles. The number of aromatic nitrogens is 3. The van der Waals surface area contributed by atoms with E-state index in [9.17, 15) is 9.18 Å². The number of aryl methyl sites for hydroxylation is 1. The first-order valence-electron chi connectivity index (χ1n) is 7.85. The molecule has 3 aromatic heterocycles. The molecule has 26 heavy (non-hydrogen) atoms. The number of hydrogen-bond donors (Lipinski definition) is 0. The maximum atomic E-state index is 13.7. The van der Waals surface area contributed by atoms with Gasteiger partial charge in [-0.3, -0.25) is 4.57 Å². The number of para-hydroxylation sites is 1. The van der Waals surface area contributed by atoms with E-state index in [1.54, 1.807) is 29.7 Å². The maximum Gasteiger partial charge on any atom is 0.340 e. The Morgan fingerprint density at radius 3 is 2.88 bits per heavy atom. The van der Waals surface area contributed by atoms with Gasteiger partial charge in [-0.05, 0) is 32.0 Å². The van der Waals surface area contributed by atoms with Gasteiger partial charge in [-0.25, -0.2) is 14.2 Å². The average Bonchev–Trinajstić information content (AvgIpc) is 3.32. The predicted molar refractivity (Wildman–Crippen MR) is 88.4 cm³/mol. The molecule has 0 aliphatic heterocycles. The number of halogens is 1. The average molecular weight is 355 g/mol. The predicted octanol–water partition coefficient (Wildman–Crippen LogP) is 3.72. The lowest BCUT2D eigenvalue weighted by atomic mass is 10.2. The fourth-order valence-corrected chi connectivity index (χ4v) is 2.87. The van der Waals surface area contributed by atoms with Crippen LogP contribution in [0.25, 0.3) is 16.9 Å². The summed E-state index contributed by atoms with van der Waals surface area (Å²) < 4.78 is 31.0. The molecule has 3 heterocycles. The van der Waals surface area contributed by atoms with E-state index in [2.05, 4.69) is 10.1 Å². The van der Waals surface area contributed by atoms with E-state index in [0.29, 0.717) is 22.7 Å². The van der Waals surface area contributed by atoms with Crippen LogP contribution in [0.1, 0.15) is 27.6 Å². The van der Waals surface area contributed by atoms with Crippen LogP contribution in [0.15, 0.2) is 45.5 Å². The monoisotopic (exact) mass is 355 g/mol. The summed E-state index contributed by atoms with van der Waals surface area (Å²) in [5.74, 6) is -0.312. The van der Waals surface area contributed by atoms with Crippen LogP contribution in [-0.4, -0.2) is 20.7 Å². The first-order chi connectivity index (χ1) is 12.5. The van der Waals surface area contributed by atoms with Crippen LogP contribution < -0.4 is 0 Å². The van der Waals surface area contributed by atoms with E-state index in [0.717, 1.165) is 5.69 Å². The maximum absolute atomic E-state index is 13.7. The molecule has 0 unspecified atom stereocenters. The van der Waals surface area contributed by atoms with Crippen LogP contribution in [0.5, 0.6) is 0 Å². The summed E-state index contributed by atoms with van der Waals surface area (Å²) in [5, 5.41) is 3.88. The first-order valence-corrected chi connectivity index (χ1v) is 7.85. The lowest BCUT2D eigenvalue weighted by Crippen LogP contribution is -2.07. The summed E-state index contributed by atoms with van der Waals surface area (Å²) in [4.78, 5) is 16.5. The number of rotatable bonds is 4. The SMILES string of the molecule is Cc1cc(C(=O)OCc2nc3c(F)cccc3o2)c(C)n1-c1ccon1. The molecule has 0 aliphatic carbocycles. The van der Waals surface area contributed by atoms with E-state index >= 15 is 0 Å². The Labute approximate surface area is 147 Å². The number of ether oxygens (including phenoxy) is 1. The Morgan fingerprint density at radius 2 is 2.15 bits per heavy atom. The Hall–Kier alpha value is -3.42. The minimum Gasteiger partial charge on any atom is -0.452 e. The first kappa shape index (κ1) is 16.1. The van der Waals surface area contributed by atoms with Crippen molar-refractivity contribution in [3.63, 3.8) is 0 Å². The van der Waals surface area contributed by atoms with E-state index in [4.69, 9.17) is 13.7 Å². The Bertz CT molecular complexity index is 1100. The zero-order valence-electron chi connectivity index (χ0n) is 14.0. The van der Waals surface area contributed by atoms with Crippen LogP contribution in [0.4, 0.5) is 4.39 Å². The zero-order chi connectivity index (χ0) is 18.3. The highest BCUT2D eigenvalue weighted by molar-refractivity contribution is 5.91. The molecular formula is C18H14FN3O4. The van der Waals surface area contributed by atoms with Crippen molar-refractivity contribution in [2.24, 2.45) is 0 Å². The normalized spacial score (nSPS) is 11.2. The molecule has 132 valence electrons. The molecule has 0 saturated heterocycles. The van der Waals surface area contributed by atoms with Gasteiger partial charge in [-0.15, -0.1) is 0 Å². The molecule has 0 fully saturated rings. The number of benzene rings is 1. The smallest absolute Gasteiger partial charge is 0.340 e. The largest absolute Gasteiger partial charge is 0.452 e.